The highest BCUT2D eigenvalue weighted by molar-refractivity contribution is 8.00. The van der Waals surface area contributed by atoms with Crippen molar-refractivity contribution in [2.75, 3.05) is 18.3 Å². The van der Waals surface area contributed by atoms with Crippen molar-refractivity contribution in [1.82, 2.24) is 14.9 Å². The number of nitrogen functional groups attached to an aromatic ring is 1. The first-order valence-corrected chi connectivity index (χ1v) is 10.3. The van der Waals surface area contributed by atoms with E-state index < -0.39 is 5.25 Å². The molecule has 146 valence electrons. The van der Waals surface area contributed by atoms with E-state index in [1.54, 1.807) is 32.2 Å². The molecule has 1 aliphatic carbocycles. The monoisotopic (exact) mass is 409 g/mol. The van der Waals surface area contributed by atoms with E-state index in [0.29, 0.717) is 27.5 Å². The number of methoxy groups -OCH3 is 1. The first-order chi connectivity index (χ1) is 13.0. The zero-order chi connectivity index (χ0) is 19.4. The summed E-state index contributed by atoms with van der Waals surface area (Å²) in [7, 11) is 1.54. The van der Waals surface area contributed by atoms with E-state index in [0.717, 1.165) is 18.7 Å². The van der Waals surface area contributed by atoms with Gasteiger partial charge >= 0.3 is 0 Å². The Morgan fingerprint density at radius 2 is 2.11 bits per heavy atom. The Bertz CT molecular complexity index is 807. The van der Waals surface area contributed by atoms with Gasteiger partial charge in [0.05, 0.1) is 17.4 Å². The minimum Gasteiger partial charge on any atom is -0.495 e. The summed E-state index contributed by atoms with van der Waals surface area (Å²) in [4.78, 5) is 12.5. The number of amides is 1. The number of ether oxygens (including phenoxy) is 1. The SMILES string of the molecule is COc1ccc(NC(=O)[C@@H](C)Sc2nnc(C3CCCCC3)n2N)cc1Cl. The average molecular weight is 410 g/mol. The second kappa shape index (κ2) is 8.84. The number of rotatable bonds is 6. The van der Waals surface area contributed by atoms with Crippen molar-refractivity contribution in [3.05, 3.63) is 29.0 Å². The van der Waals surface area contributed by atoms with Crippen molar-refractivity contribution in [2.45, 2.75) is 55.4 Å². The zero-order valence-electron chi connectivity index (χ0n) is 15.4. The van der Waals surface area contributed by atoms with Gasteiger partial charge in [-0.1, -0.05) is 42.6 Å². The maximum absolute atomic E-state index is 12.5. The normalized spacial score (nSPS) is 16.1. The van der Waals surface area contributed by atoms with Crippen LogP contribution < -0.4 is 15.9 Å². The minimum atomic E-state index is -0.392. The number of aromatic nitrogens is 3. The Morgan fingerprint density at radius 1 is 1.37 bits per heavy atom. The number of nitrogens with one attached hydrogen (secondary N) is 1. The highest BCUT2D eigenvalue weighted by atomic mass is 35.5. The summed E-state index contributed by atoms with van der Waals surface area (Å²) in [6, 6.07) is 5.11. The standard InChI is InChI=1S/C18H24ClN5O2S/c1-11(17(25)21-13-8-9-15(26-2)14(19)10-13)27-18-23-22-16(24(18)20)12-6-4-3-5-7-12/h8-12H,3-7,20H2,1-2H3,(H,21,25)/t11-/m1/s1. The summed E-state index contributed by atoms with van der Waals surface area (Å²) in [5, 5.41) is 11.9. The molecule has 1 aromatic heterocycles. The Labute approximate surface area is 168 Å². The van der Waals surface area contributed by atoms with Gasteiger partial charge in [-0.25, -0.2) is 4.68 Å². The van der Waals surface area contributed by atoms with Crippen LogP contribution in [0.4, 0.5) is 5.69 Å². The van der Waals surface area contributed by atoms with E-state index >= 15 is 0 Å². The Hall–Kier alpha value is -1.93. The summed E-state index contributed by atoms with van der Waals surface area (Å²) < 4.78 is 6.65. The average Bonchev–Trinajstić information content (AvgIpc) is 3.03. The largest absolute Gasteiger partial charge is 0.495 e. The Balaban J connectivity index is 1.63. The predicted molar refractivity (Wildman–Crippen MR) is 108 cm³/mol. The van der Waals surface area contributed by atoms with Gasteiger partial charge in [0.2, 0.25) is 11.1 Å². The molecule has 1 heterocycles. The van der Waals surface area contributed by atoms with Gasteiger partial charge in [-0.05, 0) is 38.0 Å². The number of nitrogens with two attached hydrogens (primary N) is 1. The third-order valence-corrected chi connectivity index (χ3v) is 6.08. The van der Waals surface area contributed by atoms with Gasteiger partial charge in [0, 0.05) is 11.6 Å². The number of thioether (sulfide) groups is 1. The number of hydrogen-bond donors (Lipinski definition) is 2. The lowest BCUT2D eigenvalue weighted by Gasteiger charge is -2.20. The third kappa shape index (κ3) is 4.68. The minimum absolute atomic E-state index is 0.163. The molecular weight excluding hydrogens is 386 g/mol. The lowest BCUT2D eigenvalue weighted by atomic mass is 9.89. The van der Waals surface area contributed by atoms with Crippen LogP contribution in [0, 0.1) is 0 Å². The van der Waals surface area contributed by atoms with Crippen LogP contribution in [0.3, 0.4) is 0 Å². The van der Waals surface area contributed by atoms with E-state index in [1.807, 2.05) is 0 Å². The van der Waals surface area contributed by atoms with Crippen LogP contribution in [-0.4, -0.2) is 33.1 Å². The molecule has 0 unspecified atom stereocenters. The van der Waals surface area contributed by atoms with Crippen molar-refractivity contribution < 1.29 is 9.53 Å². The number of benzene rings is 1. The lowest BCUT2D eigenvalue weighted by molar-refractivity contribution is -0.115. The molecule has 1 saturated carbocycles. The zero-order valence-corrected chi connectivity index (χ0v) is 17.0. The maximum atomic E-state index is 12.5. The van der Waals surface area contributed by atoms with Gasteiger partial charge < -0.3 is 15.9 Å². The van der Waals surface area contributed by atoms with Gasteiger partial charge in [0.15, 0.2) is 5.82 Å². The van der Waals surface area contributed by atoms with Crippen LogP contribution in [-0.2, 0) is 4.79 Å². The third-order valence-electron chi connectivity index (χ3n) is 4.73. The van der Waals surface area contributed by atoms with Gasteiger partial charge in [-0.3, -0.25) is 4.79 Å². The maximum Gasteiger partial charge on any atom is 0.237 e. The van der Waals surface area contributed by atoms with Crippen molar-refractivity contribution in [1.29, 1.82) is 0 Å². The van der Waals surface area contributed by atoms with Crippen LogP contribution in [0.25, 0.3) is 0 Å². The first kappa shape index (κ1) is 19.8. The fraction of sp³-hybridized carbons (Fsp3) is 0.500. The molecule has 0 aliphatic heterocycles. The van der Waals surface area contributed by atoms with Gasteiger partial charge in [-0.15, -0.1) is 10.2 Å². The van der Waals surface area contributed by atoms with Crippen LogP contribution >= 0.6 is 23.4 Å². The number of nitrogens with zero attached hydrogens (tertiary/aromatic N) is 3. The quantitative estimate of drug-likeness (QED) is 0.556. The molecular formula is C18H24ClN5O2S. The van der Waals surface area contributed by atoms with Gasteiger partial charge in [0.1, 0.15) is 5.75 Å². The Morgan fingerprint density at radius 3 is 2.78 bits per heavy atom. The number of carbonyl (C=O) groups excluding carboxylic acids is 1. The molecule has 1 aromatic carbocycles. The van der Waals surface area contributed by atoms with Crippen LogP contribution in [0.2, 0.25) is 5.02 Å². The summed E-state index contributed by atoms with van der Waals surface area (Å²) in [6.45, 7) is 1.81. The molecule has 27 heavy (non-hydrogen) atoms. The summed E-state index contributed by atoms with van der Waals surface area (Å²) in [5.41, 5.74) is 0.607. The molecule has 3 N–H and O–H groups in total. The number of carbonyl (C=O) groups is 1. The van der Waals surface area contributed by atoms with Crippen molar-refractivity contribution in [3.63, 3.8) is 0 Å². The summed E-state index contributed by atoms with van der Waals surface area (Å²) in [6.07, 6.45) is 5.85. The summed E-state index contributed by atoms with van der Waals surface area (Å²) >= 11 is 7.39. The van der Waals surface area contributed by atoms with Crippen molar-refractivity contribution in [3.8, 4) is 5.75 Å². The molecule has 1 aliphatic rings. The fourth-order valence-electron chi connectivity index (χ4n) is 3.21. The van der Waals surface area contributed by atoms with Crippen LogP contribution in [0.1, 0.15) is 50.8 Å². The number of anilines is 1. The Kier molecular flexibility index (Phi) is 6.49. The highest BCUT2D eigenvalue weighted by Gasteiger charge is 2.24. The summed E-state index contributed by atoms with van der Waals surface area (Å²) in [5.74, 6) is 7.76. The van der Waals surface area contributed by atoms with Crippen molar-refractivity contribution >= 4 is 35.0 Å². The molecule has 0 saturated heterocycles. The van der Waals surface area contributed by atoms with Gasteiger partial charge in [0.25, 0.3) is 0 Å². The number of hydrogen-bond acceptors (Lipinski definition) is 6. The first-order valence-electron chi connectivity index (χ1n) is 9.01. The highest BCUT2D eigenvalue weighted by Crippen LogP contribution is 2.33. The number of halogens is 1. The molecule has 9 heteroatoms. The van der Waals surface area contributed by atoms with Crippen LogP contribution in [0.5, 0.6) is 5.75 Å². The van der Waals surface area contributed by atoms with Gasteiger partial charge in [-0.2, -0.15) is 0 Å². The topological polar surface area (TPSA) is 95.1 Å². The molecule has 7 nitrogen and oxygen atoms in total. The molecule has 1 atom stereocenters. The van der Waals surface area contributed by atoms with E-state index in [1.165, 1.54) is 35.7 Å². The second-order valence-corrected chi connectivity index (χ2v) is 8.36. The van der Waals surface area contributed by atoms with E-state index in [4.69, 9.17) is 22.2 Å². The fourth-order valence-corrected chi connectivity index (χ4v) is 4.24. The molecule has 3 rings (SSSR count). The smallest absolute Gasteiger partial charge is 0.237 e. The lowest BCUT2D eigenvalue weighted by Crippen LogP contribution is -2.24. The molecule has 2 aromatic rings. The van der Waals surface area contributed by atoms with E-state index in [9.17, 15) is 4.79 Å². The van der Waals surface area contributed by atoms with Crippen LogP contribution in [0.15, 0.2) is 23.4 Å². The molecule has 1 fully saturated rings. The predicted octanol–water partition coefficient (Wildman–Crippen LogP) is 3.82. The molecule has 1 amide bonds. The molecule has 0 spiro atoms. The molecule has 0 radical (unpaired) electrons. The van der Waals surface area contributed by atoms with E-state index in [2.05, 4.69) is 15.5 Å². The second-order valence-electron chi connectivity index (χ2n) is 6.64. The molecule has 0 bridgehead atoms. The van der Waals surface area contributed by atoms with Crippen molar-refractivity contribution in [2.24, 2.45) is 0 Å². The van der Waals surface area contributed by atoms with E-state index in [-0.39, 0.29) is 5.91 Å².